The Balaban J connectivity index is 3.28. The summed E-state index contributed by atoms with van der Waals surface area (Å²) < 4.78 is 0. The number of pyridine rings is 1. The van der Waals surface area contributed by atoms with Crippen LogP contribution in [0.1, 0.15) is 5.56 Å². The van der Waals surface area contributed by atoms with E-state index in [9.17, 15) is 10.1 Å². The Kier molecular flexibility index (Phi) is 4.71. The number of nitrogens with one attached hydrogen (secondary N) is 1. The van der Waals surface area contributed by atoms with Crippen LogP contribution in [-0.2, 0) is 0 Å². The Hall–Kier alpha value is -2.28. The van der Waals surface area contributed by atoms with Crippen molar-refractivity contribution >= 4 is 11.5 Å². The smallest absolute Gasteiger partial charge is 0.328 e. The number of anilines is 1. The van der Waals surface area contributed by atoms with Crippen molar-refractivity contribution in [2.45, 2.75) is 5.54 Å². The highest BCUT2D eigenvalue weighted by atomic mass is 16.6. The lowest BCUT2D eigenvalue weighted by molar-refractivity contribution is -0.384. The fourth-order valence-corrected chi connectivity index (χ4v) is 1.34. The Morgan fingerprint density at radius 3 is 2.42 bits per heavy atom. The van der Waals surface area contributed by atoms with Crippen LogP contribution >= 0.6 is 0 Å². The van der Waals surface area contributed by atoms with E-state index in [2.05, 4.69) is 10.3 Å². The number of hydrogen-bond donors (Lipinski definition) is 4. The molecular formula is C10H12N4O5. The van der Waals surface area contributed by atoms with Gasteiger partial charge in [-0.3, -0.25) is 10.1 Å². The molecule has 0 radical (unpaired) electrons. The van der Waals surface area contributed by atoms with Crippen LogP contribution in [-0.4, -0.2) is 50.6 Å². The maximum absolute atomic E-state index is 10.9. The molecule has 0 spiro atoms. The molecule has 0 aliphatic carbocycles. The molecule has 0 unspecified atom stereocenters. The van der Waals surface area contributed by atoms with Gasteiger partial charge in [-0.25, -0.2) is 4.98 Å². The summed E-state index contributed by atoms with van der Waals surface area (Å²) in [5.41, 5.74) is -2.36. The molecule has 0 aliphatic heterocycles. The SMILES string of the molecule is N#Cc1ccnc(NC(CO)(CO)CO)c1[N+](=O)[O-]. The summed E-state index contributed by atoms with van der Waals surface area (Å²) in [5, 5.41) is 49.6. The molecule has 0 amide bonds. The van der Waals surface area contributed by atoms with Gasteiger partial charge in [-0.05, 0) is 6.07 Å². The Labute approximate surface area is 107 Å². The molecule has 9 nitrogen and oxygen atoms in total. The van der Waals surface area contributed by atoms with Gasteiger partial charge in [-0.15, -0.1) is 0 Å². The lowest BCUT2D eigenvalue weighted by Gasteiger charge is -2.28. The molecule has 102 valence electrons. The van der Waals surface area contributed by atoms with Gasteiger partial charge < -0.3 is 20.6 Å². The largest absolute Gasteiger partial charge is 0.394 e. The van der Waals surface area contributed by atoms with Gasteiger partial charge in [-0.1, -0.05) is 0 Å². The summed E-state index contributed by atoms with van der Waals surface area (Å²) in [5.74, 6) is -0.304. The monoisotopic (exact) mass is 268 g/mol. The third-order valence-corrected chi connectivity index (χ3v) is 2.52. The molecule has 9 heteroatoms. The van der Waals surface area contributed by atoms with Gasteiger partial charge in [0.2, 0.25) is 5.82 Å². The van der Waals surface area contributed by atoms with Gasteiger partial charge in [-0.2, -0.15) is 5.26 Å². The molecule has 0 aromatic carbocycles. The third-order valence-electron chi connectivity index (χ3n) is 2.52. The Morgan fingerprint density at radius 1 is 1.42 bits per heavy atom. The number of aliphatic hydroxyl groups excluding tert-OH is 3. The zero-order valence-corrected chi connectivity index (χ0v) is 9.78. The first kappa shape index (κ1) is 14.8. The van der Waals surface area contributed by atoms with Crippen molar-refractivity contribution < 1.29 is 20.2 Å². The summed E-state index contributed by atoms with van der Waals surface area (Å²) in [6.07, 6.45) is 1.17. The Bertz CT molecular complexity index is 501. The van der Waals surface area contributed by atoms with Crippen LogP contribution in [0.25, 0.3) is 0 Å². The van der Waals surface area contributed by atoms with Crippen LogP contribution in [0.5, 0.6) is 0 Å². The average molecular weight is 268 g/mol. The number of nitrogens with zero attached hydrogens (tertiary/aromatic N) is 3. The molecule has 19 heavy (non-hydrogen) atoms. The van der Waals surface area contributed by atoms with Crippen molar-refractivity contribution in [2.24, 2.45) is 0 Å². The maximum atomic E-state index is 10.9. The summed E-state index contributed by atoms with van der Waals surface area (Å²) >= 11 is 0. The highest BCUT2D eigenvalue weighted by Crippen LogP contribution is 2.27. The summed E-state index contributed by atoms with van der Waals surface area (Å²) in [4.78, 5) is 13.8. The van der Waals surface area contributed by atoms with E-state index >= 15 is 0 Å². The molecule has 0 saturated carbocycles. The normalized spacial score (nSPS) is 10.8. The lowest BCUT2D eigenvalue weighted by Crippen LogP contribution is -2.49. The Morgan fingerprint density at radius 2 is 2.00 bits per heavy atom. The summed E-state index contributed by atoms with van der Waals surface area (Å²) in [6.45, 7) is -2.01. The van der Waals surface area contributed by atoms with E-state index in [-0.39, 0.29) is 11.4 Å². The first-order valence-corrected chi connectivity index (χ1v) is 5.18. The predicted molar refractivity (Wildman–Crippen MR) is 63.2 cm³/mol. The second-order valence-corrected chi connectivity index (χ2v) is 3.80. The zero-order valence-electron chi connectivity index (χ0n) is 9.78. The molecule has 1 aromatic heterocycles. The third kappa shape index (κ3) is 2.94. The van der Waals surface area contributed by atoms with Crippen LogP contribution in [0, 0.1) is 21.4 Å². The van der Waals surface area contributed by atoms with E-state index in [1.54, 1.807) is 6.07 Å². The van der Waals surface area contributed by atoms with Crippen LogP contribution in [0.4, 0.5) is 11.5 Å². The summed E-state index contributed by atoms with van der Waals surface area (Å²) in [7, 11) is 0. The first-order chi connectivity index (χ1) is 9.03. The summed E-state index contributed by atoms with van der Waals surface area (Å²) in [6, 6.07) is 2.82. The van der Waals surface area contributed by atoms with Crippen molar-refractivity contribution in [1.29, 1.82) is 5.26 Å². The second kappa shape index (κ2) is 6.05. The minimum absolute atomic E-state index is 0.217. The van der Waals surface area contributed by atoms with Crippen molar-refractivity contribution in [1.82, 2.24) is 4.98 Å². The molecular weight excluding hydrogens is 256 g/mol. The quantitative estimate of drug-likeness (QED) is 0.378. The zero-order chi connectivity index (χ0) is 14.5. The fourth-order valence-electron chi connectivity index (χ4n) is 1.34. The average Bonchev–Trinajstić information content (AvgIpc) is 2.44. The number of nitriles is 1. The van der Waals surface area contributed by atoms with E-state index < -0.39 is 36.0 Å². The molecule has 1 heterocycles. The van der Waals surface area contributed by atoms with Gasteiger partial charge in [0.05, 0.1) is 24.7 Å². The van der Waals surface area contributed by atoms with Crippen molar-refractivity contribution in [3.63, 3.8) is 0 Å². The molecule has 0 atom stereocenters. The van der Waals surface area contributed by atoms with Crippen molar-refractivity contribution in [3.8, 4) is 6.07 Å². The highest BCUT2D eigenvalue weighted by molar-refractivity contribution is 5.65. The first-order valence-electron chi connectivity index (χ1n) is 5.18. The van der Waals surface area contributed by atoms with Gasteiger partial charge in [0, 0.05) is 6.20 Å². The number of rotatable bonds is 6. The molecule has 1 aromatic rings. The lowest BCUT2D eigenvalue weighted by atomic mass is 10.0. The molecule has 1 rings (SSSR count). The number of nitro groups is 1. The maximum Gasteiger partial charge on any atom is 0.328 e. The minimum Gasteiger partial charge on any atom is -0.394 e. The van der Waals surface area contributed by atoms with E-state index in [0.29, 0.717) is 0 Å². The van der Waals surface area contributed by atoms with Crippen LogP contribution in [0.15, 0.2) is 12.3 Å². The van der Waals surface area contributed by atoms with Gasteiger partial charge in [0.25, 0.3) is 0 Å². The number of aromatic nitrogens is 1. The number of hydrogen-bond acceptors (Lipinski definition) is 8. The van der Waals surface area contributed by atoms with Gasteiger partial charge in [0.15, 0.2) is 0 Å². The van der Waals surface area contributed by atoms with Crippen molar-refractivity contribution in [3.05, 3.63) is 27.9 Å². The van der Waals surface area contributed by atoms with Gasteiger partial charge >= 0.3 is 5.69 Å². The number of aliphatic hydroxyl groups is 3. The van der Waals surface area contributed by atoms with E-state index in [1.807, 2.05) is 0 Å². The minimum atomic E-state index is -1.56. The molecule has 4 N–H and O–H groups in total. The predicted octanol–water partition coefficient (Wildman–Crippen LogP) is -1.01. The van der Waals surface area contributed by atoms with Crippen LogP contribution in [0.3, 0.4) is 0 Å². The van der Waals surface area contributed by atoms with E-state index in [0.717, 1.165) is 0 Å². The molecule has 0 saturated heterocycles. The second-order valence-electron chi connectivity index (χ2n) is 3.80. The molecule has 0 bridgehead atoms. The van der Waals surface area contributed by atoms with Crippen molar-refractivity contribution in [2.75, 3.05) is 25.1 Å². The standard InChI is InChI=1S/C10H12N4O5/c11-3-7-1-2-12-9(8(7)14(18)19)13-10(4-15,5-16)6-17/h1-2,15-17H,4-6H2,(H,12,13). The van der Waals surface area contributed by atoms with E-state index in [1.165, 1.54) is 12.3 Å². The van der Waals surface area contributed by atoms with Crippen LogP contribution in [0.2, 0.25) is 0 Å². The topological polar surface area (TPSA) is 153 Å². The van der Waals surface area contributed by atoms with E-state index in [4.69, 9.17) is 20.6 Å². The van der Waals surface area contributed by atoms with Crippen LogP contribution < -0.4 is 5.32 Å². The fraction of sp³-hybridized carbons (Fsp3) is 0.400. The highest BCUT2D eigenvalue weighted by Gasteiger charge is 2.32. The van der Waals surface area contributed by atoms with Gasteiger partial charge in [0.1, 0.15) is 17.2 Å². The molecule has 0 aliphatic rings. The molecule has 0 fully saturated rings.